The summed E-state index contributed by atoms with van der Waals surface area (Å²) in [5.74, 6) is -1.69. The van der Waals surface area contributed by atoms with Gasteiger partial charge in [-0.2, -0.15) is 0 Å². The number of halogens is 2. The van der Waals surface area contributed by atoms with E-state index in [-0.39, 0.29) is 6.61 Å². The van der Waals surface area contributed by atoms with Crippen molar-refractivity contribution in [1.29, 1.82) is 0 Å². The molecule has 0 unspecified atom stereocenters. The van der Waals surface area contributed by atoms with Crippen LogP contribution in [0.5, 0.6) is 0 Å². The number of nitrogens with one attached hydrogen (secondary N) is 1. The van der Waals surface area contributed by atoms with Crippen molar-refractivity contribution in [3.8, 4) is 0 Å². The molecule has 0 bridgehead atoms. The van der Waals surface area contributed by atoms with Gasteiger partial charge in [0.2, 0.25) is 0 Å². The van der Waals surface area contributed by atoms with E-state index in [2.05, 4.69) is 5.32 Å². The first-order chi connectivity index (χ1) is 8.47. The highest BCUT2D eigenvalue weighted by Crippen LogP contribution is 2.21. The van der Waals surface area contributed by atoms with Crippen molar-refractivity contribution < 1.29 is 18.6 Å². The molecule has 0 spiro atoms. The van der Waals surface area contributed by atoms with E-state index in [1.165, 1.54) is 6.07 Å². The maximum absolute atomic E-state index is 13.1. The molecule has 5 heteroatoms. The lowest BCUT2D eigenvalue weighted by Gasteiger charge is -2.27. The third-order valence-corrected chi connectivity index (χ3v) is 2.69. The van der Waals surface area contributed by atoms with Gasteiger partial charge >= 0.3 is 0 Å². The van der Waals surface area contributed by atoms with Gasteiger partial charge in [-0.15, -0.1) is 0 Å². The fraction of sp³-hybridized carbons (Fsp3) is 0.538. The normalized spacial score (nSPS) is 11.8. The van der Waals surface area contributed by atoms with Crippen molar-refractivity contribution in [3.05, 3.63) is 35.4 Å². The first kappa shape index (κ1) is 15.0. The van der Waals surface area contributed by atoms with Gasteiger partial charge in [0.25, 0.3) is 0 Å². The number of benzene rings is 1. The van der Waals surface area contributed by atoms with Crippen LogP contribution < -0.4 is 5.32 Å². The zero-order valence-electron chi connectivity index (χ0n) is 10.7. The molecule has 0 aromatic heterocycles. The number of aliphatic hydroxyl groups excluding tert-OH is 1. The lowest BCUT2D eigenvalue weighted by atomic mass is 9.94. The summed E-state index contributed by atoms with van der Waals surface area (Å²) in [6, 6.07) is 3.87. The molecule has 0 heterocycles. The molecule has 1 rings (SSSR count). The van der Waals surface area contributed by atoms with Crippen LogP contribution >= 0.6 is 0 Å². The zero-order chi connectivity index (χ0) is 13.6. The number of hydrogen-bond donors (Lipinski definition) is 2. The van der Waals surface area contributed by atoms with Gasteiger partial charge in [0.1, 0.15) is 0 Å². The number of rotatable bonds is 7. The smallest absolute Gasteiger partial charge is 0.159 e. The highest BCUT2D eigenvalue weighted by Gasteiger charge is 2.20. The van der Waals surface area contributed by atoms with Gasteiger partial charge in [-0.3, -0.25) is 0 Å². The van der Waals surface area contributed by atoms with Crippen LogP contribution in [0.15, 0.2) is 18.2 Å². The maximum atomic E-state index is 13.1. The highest BCUT2D eigenvalue weighted by atomic mass is 19.2. The van der Waals surface area contributed by atoms with Gasteiger partial charge in [-0.1, -0.05) is 6.07 Å². The molecule has 0 aliphatic carbocycles. The molecule has 0 aliphatic rings. The second kappa shape index (κ2) is 6.78. The van der Waals surface area contributed by atoms with E-state index in [1.54, 1.807) is 6.07 Å². The second-order valence-electron chi connectivity index (χ2n) is 4.52. The molecule has 3 nitrogen and oxygen atoms in total. The van der Waals surface area contributed by atoms with Crippen LogP contribution in [-0.2, 0) is 10.3 Å². The Morgan fingerprint density at radius 1 is 1.22 bits per heavy atom. The molecule has 0 saturated heterocycles. The summed E-state index contributed by atoms with van der Waals surface area (Å²) in [6.07, 6.45) is 0. The molecule has 0 amide bonds. The van der Waals surface area contributed by atoms with Gasteiger partial charge in [-0.25, -0.2) is 8.78 Å². The van der Waals surface area contributed by atoms with Crippen LogP contribution in [-0.4, -0.2) is 31.5 Å². The van der Waals surface area contributed by atoms with Crippen LogP contribution in [0, 0.1) is 11.6 Å². The van der Waals surface area contributed by atoms with Crippen LogP contribution in [0.1, 0.15) is 19.4 Å². The summed E-state index contributed by atoms with van der Waals surface area (Å²) in [6.45, 7) is 5.07. The average molecular weight is 259 g/mol. The quantitative estimate of drug-likeness (QED) is 0.734. The zero-order valence-corrected chi connectivity index (χ0v) is 10.7. The molecular weight excluding hydrogens is 240 g/mol. The summed E-state index contributed by atoms with van der Waals surface area (Å²) >= 11 is 0. The summed E-state index contributed by atoms with van der Waals surface area (Å²) in [7, 11) is 0. The fourth-order valence-electron chi connectivity index (χ4n) is 1.59. The van der Waals surface area contributed by atoms with E-state index in [1.807, 2.05) is 13.8 Å². The molecular formula is C13H19F2NO2. The molecule has 102 valence electrons. The van der Waals surface area contributed by atoms with E-state index in [9.17, 15) is 8.78 Å². The van der Waals surface area contributed by atoms with Gasteiger partial charge in [-0.05, 0) is 31.5 Å². The highest BCUT2D eigenvalue weighted by molar-refractivity contribution is 5.24. The molecule has 0 radical (unpaired) electrons. The van der Waals surface area contributed by atoms with E-state index in [4.69, 9.17) is 9.84 Å². The topological polar surface area (TPSA) is 41.5 Å². The minimum absolute atomic E-state index is 0.00737. The minimum Gasteiger partial charge on any atom is -0.394 e. The lowest BCUT2D eigenvalue weighted by Crippen LogP contribution is -2.38. The standard InChI is InChI=1S/C13H19F2NO2/c1-13(2,16-5-7-18-8-6-17)10-3-4-11(14)12(15)9-10/h3-4,9,16-17H,5-8H2,1-2H3. The van der Waals surface area contributed by atoms with Crippen molar-refractivity contribution in [2.24, 2.45) is 0 Å². The SMILES string of the molecule is CC(C)(NCCOCCO)c1ccc(F)c(F)c1. The summed E-state index contributed by atoms with van der Waals surface area (Å²) in [5, 5.41) is 11.7. The maximum Gasteiger partial charge on any atom is 0.159 e. The summed E-state index contributed by atoms with van der Waals surface area (Å²) in [5.41, 5.74) is 0.195. The van der Waals surface area contributed by atoms with Crippen molar-refractivity contribution in [3.63, 3.8) is 0 Å². The first-order valence-electron chi connectivity index (χ1n) is 5.86. The van der Waals surface area contributed by atoms with Gasteiger partial charge < -0.3 is 15.2 Å². The fourth-order valence-corrected chi connectivity index (χ4v) is 1.59. The molecule has 0 fully saturated rings. The Bertz CT molecular complexity index is 383. The predicted octanol–water partition coefficient (Wildman–Crippen LogP) is 1.80. The molecule has 1 aromatic carbocycles. The monoisotopic (exact) mass is 259 g/mol. The van der Waals surface area contributed by atoms with Gasteiger partial charge in [0.05, 0.1) is 19.8 Å². The van der Waals surface area contributed by atoms with Crippen LogP contribution in [0.3, 0.4) is 0 Å². The van der Waals surface area contributed by atoms with E-state index in [0.717, 1.165) is 6.07 Å². The molecule has 1 aromatic rings. The molecule has 0 saturated carbocycles. The Morgan fingerprint density at radius 3 is 2.56 bits per heavy atom. The Kier molecular flexibility index (Phi) is 5.65. The molecule has 0 atom stereocenters. The largest absolute Gasteiger partial charge is 0.394 e. The summed E-state index contributed by atoms with van der Waals surface area (Å²) in [4.78, 5) is 0. The summed E-state index contributed by atoms with van der Waals surface area (Å²) < 4.78 is 31.1. The predicted molar refractivity (Wildman–Crippen MR) is 65.3 cm³/mol. The number of hydrogen-bond acceptors (Lipinski definition) is 3. The average Bonchev–Trinajstić information content (AvgIpc) is 2.32. The third-order valence-electron chi connectivity index (χ3n) is 2.69. The molecule has 0 aliphatic heterocycles. The van der Waals surface area contributed by atoms with Crippen molar-refractivity contribution >= 4 is 0 Å². The van der Waals surface area contributed by atoms with Gasteiger partial charge in [0.15, 0.2) is 11.6 Å². The van der Waals surface area contributed by atoms with Crippen molar-refractivity contribution in [1.82, 2.24) is 5.32 Å². The molecule has 18 heavy (non-hydrogen) atoms. The Labute approximate surface area is 106 Å². The number of ether oxygens (including phenoxy) is 1. The van der Waals surface area contributed by atoms with E-state index >= 15 is 0 Å². The Morgan fingerprint density at radius 2 is 1.94 bits per heavy atom. The number of aliphatic hydroxyl groups is 1. The lowest BCUT2D eigenvalue weighted by molar-refractivity contribution is 0.0903. The van der Waals surface area contributed by atoms with E-state index < -0.39 is 17.2 Å². The molecule has 2 N–H and O–H groups in total. The second-order valence-corrected chi connectivity index (χ2v) is 4.52. The Hall–Kier alpha value is -1.04. The third kappa shape index (κ3) is 4.33. The first-order valence-corrected chi connectivity index (χ1v) is 5.86. The minimum atomic E-state index is -0.848. The van der Waals surface area contributed by atoms with Crippen LogP contribution in [0.25, 0.3) is 0 Å². The van der Waals surface area contributed by atoms with Crippen molar-refractivity contribution in [2.45, 2.75) is 19.4 Å². The van der Waals surface area contributed by atoms with Crippen LogP contribution in [0.2, 0.25) is 0 Å². The van der Waals surface area contributed by atoms with E-state index in [0.29, 0.717) is 25.3 Å². The van der Waals surface area contributed by atoms with Crippen LogP contribution in [0.4, 0.5) is 8.78 Å². The Balaban J connectivity index is 2.54. The van der Waals surface area contributed by atoms with Gasteiger partial charge in [0, 0.05) is 12.1 Å². The van der Waals surface area contributed by atoms with Crippen molar-refractivity contribution in [2.75, 3.05) is 26.4 Å².